The van der Waals surface area contributed by atoms with E-state index < -0.39 is 5.97 Å². The van der Waals surface area contributed by atoms with Crippen LogP contribution in [-0.4, -0.2) is 25.0 Å². The molecule has 0 atom stereocenters. The highest BCUT2D eigenvalue weighted by molar-refractivity contribution is 5.95. The summed E-state index contributed by atoms with van der Waals surface area (Å²) in [5.74, 6) is -0.553. The molecule has 1 aromatic rings. The molecule has 0 spiro atoms. The molecule has 0 saturated carbocycles. The van der Waals surface area contributed by atoms with Crippen molar-refractivity contribution >= 4 is 11.9 Å². The number of carbonyl (C=O) groups is 2. The molecular weight excluding hydrogens is 242 g/mol. The van der Waals surface area contributed by atoms with Crippen LogP contribution < -0.4 is 5.32 Å². The fourth-order valence-corrected chi connectivity index (χ4v) is 1.59. The van der Waals surface area contributed by atoms with E-state index in [0.717, 1.165) is 5.56 Å². The van der Waals surface area contributed by atoms with Crippen molar-refractivity contribution in [3.63, 3.8) is 0 Å². The minimum atomic E-state index is -0.410. The predicted octanol–water partition coefficient (Wildman–Crippen LogP) is 2.23. The van der Waals surface area contributed by atoms with Gasteiger partial charge >= 0.3 is 5.97 Å². The number of hydrogen-bond donors (Lipinski definition) is 1. The Kier molecular flexibility index (Phi) is 5.79. The molecule has 0 aromatic heterocycles. The third-order valence-corrected chi connectivity index (χ3v) is 2.67. The van der Waals surface area contributed by atoms with Crippen LogP contribution in [0.25, 0.3) is 0 Å². The lowest BCUT2D eigenvalue weighted by Crippen LogP contribution is -2.26. The van der Waals surface area contributed by atoms with E-state index in [9.17, 15) is 9.59 Å². The van der Waals surface area contributed by atoms with Crippen molar-refractivity contribution in [1.82, 2.24) is 5.32 Å². The third kappa shape index (κ3) is 4.58. The van der Waals surface area contributed by atoms with Gasteiger partial charge in [0.1, 0.15) is 0 Å². The molecule has 0 bridgehead atoms. The molecule has 0 saturated heterocycles. The average Bonchev–Trinajstić information content (AvgIpc) is 2.39. The van der Waals surface area contributed by atoms with Crippen molar-refractivity contribution in [2.45, 2.75) is 20.3 Å². The minimum Gasteiger partial charge on any atom is -0.463 e. The Morgan fingerprint density at radius 3 is 2.63 bits per heavy atom. The quantitative estimate of drug-likeness (QED) is 0.631. The molecule has 4 nitrogen and oxygen atoms in total. The first-order valence-electron chi connectivity index (χ1n) is 6.25. The fraction of sp³-hybridized carbons (Fsp3) is 0.333. The van der Waals surface area contributed by atoms with Gasteiger partial charge in [0, 0.05) is 17.7 Å². The molecule has 0 unspecified atom stereocenters. The Bertz CT molecular complexity index is 480. The van der Waals surface area contributed by atoms with Gasteiger partial charge in [0.2, 0.25) is 0 Å². The van der Waals surface area contributed by atoms with Crippen LogP contribution in [0.3, 0.4) is 0 Å². The van der Waals surface area contributed by atoms with E-state index in [-0.39, 0.29) is 5.91 Å². The van der Waals surface area contributed by atoms with Crippen LogP contribution in [0.4, 0.5) is 0 Å². The monoisotopic (exact) mass is 261 g/mol. The van der Waals surface area contributed by atoms with Crippen molar-refractivity contribution in [3.8, 4) is 0 Å². The SMILES string of the molecule is C=C(CCNC(=O)c1ccccc1C)C(=O)OCC. The van der Waals surface area contributed by atoms with E-state index in [2.05, 4.69) is 11.9 Å². The van der Waals surface area contributed by atoms with E-state index in [4.69, 9.17) is 4.74 Å². The van der Waals surface area contributed by atoms with E-state index in [0.29, 0.717) is 30.7 Å². The number of aryl methyl sites for hydroxylation is 1. The van der Waals surface area contributed by atoms with E-state index in [1.54, 1.807) is 13.0 Å². The summed E-state index contributed by atoms with van der Waals surface area (Å²) in [4.78, 5) is 23.2. The van der Waals surface area contributed by atoms with Gasteiger partial charge in [-0.15, -0.1) is 0 Å². The predicted molar refractivity (Wildman–Crippen MR) is 73.9 cm³/mol. The number of rotatable bonds is 6. The van der Waals surface area contributed by atoms with Gasteiger partial charge in [0.15, 0.2) is 0 Å². The molecule has 0 aliphatic carbocycles. The van der Waals surface area contributed by atoms with Crippen molar-refractivity contribution in [3.05, 3.63) is 47.5 Å². The van der Waals surface area contributed by atoms with Crippen LogP contribution in [-0.2, 0) is 9.53 Å². The minimum absolute atomic E-state index is 0.144. The van der Waals surface area contributed by atoms with Crippen molar-refractivity contribution < 1.29 is 14.3 Å². The summed E-state index contributed by atoms with van der Waals surface area (Å²) in [5.41, 5.74) is 1.93. The summed E-state index contributed by atoms with van der Waals surface area (Å²) in [6.07, 6.45) is 0.385. The number of nitrogens with one attached hydrogen (secondary N) is 1. The Hall–Kier alpha value is -2.10. The van der Waals surface area contributed by atoms with Crippen LogP contribution in [0.5, 0.6) is 0 Å². The van der Waals surface area contributed by atoms with Crippen LogP contribution in [0, 0.1) is 6.92 Å². The molecule has 4 heteroatoms. The Labute approximate surface area is 113 Å². The molecule has 0 aliphatic rings. The zero-order valence-electron chi connectivity index (χ0n) is 11.4. The Morgan fingerprint density at radius 2 is 2.00 bits per heavy atom. The lowest BCUT2D eigenvalue weighted by Gasteiger charge is -2.08. The number of carbonyl (C=O) groups excluding carboxylic acids is 2. The molecular formula is C15H19NO3. The summed E-state index contributed by atoms with van der Waals surface area (Å²) in [5, 5.41) is 2.76. The maximum atomic E-state index is 11.9. The van der Waals surface area contributed by atoms with Gasteiger partial charge in [-0.3, -0.25) is 4.79 Å². The highest BCUT2D eigenvalue weighted by Crippen LogP contribution is 2.07. The van der Waals surface area contributed by atoms with Crippen molar-refractivity contribution in [2.75, 3.05) is 13.2 Å². The second-order valence-electron chi connectivity index (χ2n) is 4.14. The third-order valence-electron chi connectivity index (χ3n) is 2.67. The average molecular weight is 261 g/mol. The first kappa shape index (κ1) is 15.0. The van der Waals surface area contributed by atoms with Crippen LogP contribution in [0.1, 0.15) is 29.3 Å². The molecule has 102 valence electrons. The largest absolute Gasteiger partial charge is 0.463 e. The molecule has 1 rings (SSSR count). The number of hydrogen-bond acceptors (Lipinski definition) is 3. The molecule has 0 fully saturated rings. The number of ether oxygens (including phenoxy) is 1. The Morgan fingerprint density at radius 1 is 1.32 bits per heavy atom. The molecule has 0 radical (unpaired) electrons. The molecule has 1 N–H and O–H groups in total. The van der Waals surface area contributed by atoms with Gasteiger partial charge in [-0.05, 0) is 31.9 Å². The number of esters is 1. The summed E-state index contributed by atoms with van der Waals surface area (Å²) in [6.45, 7) is 7.95. The highest BCUT2D eigenvalue weighted by Gasteiger charge is 2.10. The second kappa shape index (κ2) is 7.36. The molecule has 0 heterocycles. The fourth-order valence-electron chi connectivity index (χ4n) is 1.59. The van der Waals surface area contributed by atoms with Gasteiger partial charge < -0.3 is 10.1 Å². The smallest absolute Gasteiger partial charge is 0.333 e. The first-order chi connectivity index (χ1) is 9.06. The standard InChI is InChI=1S/C15H19NO3/c1-4-19-15(18)12(3)9-10-16-14(17)13-8-6-5-7-11(13)2/h5-8H,3-4,9-10H2,1-2H3,(H,16,17). The van der Waals surface area contributed by atoms with Crippen molar-refractivity contribution in [1.29, 1.82) is 0 Å². The summed E-state index contributed by atoms with van der Waals surface area (Å²) < 4.78 is 4.81. The number of amides is 1. The Balaban J connectivity index is 2.42. The van der Waals surface area contributed by atoms with Crippen LogP contribution in [0.2, 0.25) is 0 Å². The van der Waals surface area contributed by atoms with Gasteiger partial charge in [-0.2, -0.15) is 0 Å². The van der Waals surface area contributed by atoms with E-state index in [1.165, 1.54) is 0 Å². The van der Waals surface area contributed by atoms with Gasteiger partial charge in [-0.25, -0.2) is 4.79 Å². The lowest BCUT2D eigenvalue weighted by atomic mass is 10.1. The lowest BCUT2D eigenvalue weighted by molar-refractivity contribution is -0.138. The summed E-state index contributed by atoms with van der Waals surface area (Å²) in [7, 11) is 0. The highest BCUT2D eigenvalue weighted by atomic mass is 16.5. The van der Waals surface area contributed by atoms with Crippen LogP contribution in [0.15, 0.2) is 36.4 Å². The maximum Gasteiger partial charge on any atom is 0.333 e. The molecule has 19 heavy (non-hydrogen) atoms. The normalized spacial score (nSPS) is 9.79. The van der Waals surface area contributed by atoms with E-state index >= 15 is 0 Å². The van der Waals surface area contributed by atoms with Gasteiger partial charge in [0.05, 0.1) is 6.61 Å². The zero-order chi connectivity index (χ0) is 14.3. The van der Waals surface area contributed by atoms with Crippen molar-refractivity contribution in [2.24, 2.45) is 0 Å². The zero-order valence-corrected chi connectivity index (χ0v) is 11.4. The second-order valence-corrected chi connectivity index (χ2v) is 4.14. The van der Waals surface area contributed by atoms with Gasteiger partial charge in [-0.1, -0.05) is 24.8 Å². The molecule has 1 aromatic carbocycles. The molecule has 0 aliphatic heterocycles. The summed E-state index contributed by atoms with van der Waals surface area (Å²) in [6, 6.07) is 7.35. The summed E-state index contributed by atoms with van der Waals surface area (Å²) >= 11 is 0. The molecule has 1 amide bonds. The first-order valence-corrected chi connectivity index (χ1v) is 6.25. The van der Waals surface area contributed by atoms with E-state index in [1.807, 2.05) is 25.1 Å². The number of benzene rings is 1. The van der Waals surface area contributed by atoms with Crippen LogP contribution >= 0.6 is 0 Å². The topological polar surface area (TPSA) is 55.4 Å². The van der Waals surface area contributed by atoms with Gasteiger partial charge in [0.25, 0.3) is 5.91 Å². The maximum absolute atomic E-state index is 11.9.